The summed E-state index contributed by atoms with van der Waals surface area (Å²) in [5.74, 6) is -0.114. The van der Waals surface area contributed by atoms with E-state index in [1.165, 1.54) is 11.3 Å². The molecule has 26 heavy (non-hydrogen) atoms. The van der Waals surface area contributed by atoms with Gasteiger partial charge in [0, 0.05) is 12.7 Å². The molecule has 0 unspecified atom stereocenters. The van der Waals surface area contributed by atoms with Crippen LogP contribution in [-0.2, 0) is 29.4 Å². The number of sulfonamides is 1. The fourth-order valence-electron chi connectivity index (χ4n) is 2.88. The number of rotatable bonds is 7. The topological polar surface area (TPSA) is 68.2 Å². The molecule has 0 spiro atoms. The highest BCUT2D eigenvalue weighted by Gasteiger charge is 2.20. The van der Waals surface area contributed by atoms with Gasteiger partial charge >= 0.3 is 0 Å². The molecule has 2 aromatic heterocycles. The zero-order valence-electron chi connectivity index (χ0n) is 14.6. The van der Waals surface area contributed by atoms with E-state index in [1.807, 2.05) is 42.6 Å². The minimum atomic E-state index is -3.46. The van der Waals surface area contributed by atoms with Crippen LogP contribution >= 0.6 is 11.3 Å². The third-order valence-corrected chi connectivity index (χ3v) is 6.32. The van der Waals surface area contributed by atoms with Crippen molar-refractivity contribution in [2.24, 2.45) is 7.05 Å². The average molecular weight is 389 g/mol. The van der Waals surface area contributed by atoms with Gasteiger partial charge in [-0.15, -0.1) is 11.3 Å². The van der Waals surface area contributed by atoms with Crippen LogP contribution in [0.4, 0.5) is 0 Å². The second-order valence-corrected chi connectivity index (χ2v) is 8.85. The first-order valence-electron chi connectivity index (χ1n) is 8.12. The van der Waals surface area contributed by atoms with Crippen LogP contribution in [0, 0.1) is 6.92 Å². The van der Waals surface area contributed by atoms with Crippen molar-refractivity contribution in [3.05, 3.63) is 81.3 Å². The van der Waals surface area contributed by atoms with Crippen molar-refractivity contribution in [2.45, 2.75) is 19.2 Å². The number of nitrogens with zero attached hydrogens (tertiary/aromatic N) is 1. The lowest BCUT2D eigenvalue weighted by molar-refractivity contribution is 0.103. The Morgan fingerprint density at radius 1 is 1.15 bits per heavy atom. The van der Waals surface area contributed by atoms with Gasteiger partial charge in [-0.25, -0.2) is 13.1 Å². The molecular formula is C19H20N2O3S2. The lowest BCUT2D eigenvalue weighted by atomic mass is 10.1. The first-order valence-corrected chi connectivity index (χ1v) is 10.7. The molecule has 1 aromatic carbocycles. The predicted molar refractivity (Wildman–Crippen MR) is 104 cm³/mol. The number of aromatic nitrogens is 1. The summed E-state index contributed by atoms with van der Waals surface area (Å²) in [6.07, 6.45) is 0. The molecule has 1 N–H and O–H groups in total. The van der Waals surface area contributed by atoms with Crippen molar-refractivity contribution in [1.82, 2.24) is 9.29 Å². The SMILES string of the molecule is Cc1cc(CNS(=O)(=O)Cc2ccccc2)n(C)c1C(=O)c1cccs1. The van der Waals surface area contributed by atoms with Crippen molar-refractivity contribution >= 4 is 27.1 Å². The van der Waals surface area contributed by atoms with Gasteiger partial charge < -0.3 is 4.57 Å². The molecule has 0 atom stereocenters. The quantitative estimate of drug-likeness (QED) is 0.632. The van der Waals surface area contributed by atoms with Crippen molar-refractivity contribution in [3.8, 4) is 0 Å². The first-order chi connectivity index (χ1) is 12.4. The molecule has 0 aliphatic rings. The van der Waals surface area contributed by atoms with Gasteiger partial charge in [-0.1, -0.05) is 36.4 Å². The van der Waals surface area contributed by atoms with E-state index in [4.69, 9.17) is 0 Å². The lowest BCUT2D eigenvalue weighted by Gasteiger charge is -2.09. The van der Waals surface area contributed by atoms with Crippen molar-refractivity contribution in [2.75, 3.05) is 0 Å². The molecule has 2 heterocycles. The normalized spacial score (nSPS) is 11.6. The summed E-state index contributed by atoms with van der Waals surface area (Å²) in [4.78, 5) is 13.3. The Kier molecular flexibility index (Phi) is 5.41. The Morgan fingerprint density at radius 2 is 1.88 bits per heavy atom. The number of hydrogen-bond donors (Lipinski definition) is 1. The van der Waals surface area contributed by atoms with Crippen LogP contribution in [0.15, 0.2) is 53.9 Å². The zero-order chi connectivity index (χ0) is 18.7. The molecule has 3 aromatic rings. The van der Waals surface area contributed by atoms with E-state index in [2.05, 4.69) is 4.72 Å². The van der Waals surface area contributed by atoms with Gasteiger partial charge in [0.1, 0.15) is 0 Å². The fraction of sp³-hybridized carbons (Fsp3) is 0.211. The monoisotopic (exact) mass is 388 g/mol. The molecule has 0 aliphatic heterocycles. The van der Waals surface area contributed by atoms with E-state index in [1.54, 1.807) is 29.8 Å². The molecule has 5 nitrogen and oxygen atoms in total. The largest absolute Gasteiger partial charge is 0.343 e. The maximum absolute atomic E-state index is 12.7. The van der Waals surface area contributed by atoms with E-state index in [9.17, 15) is 13.2 Å². The standard InChI is InChI=1S/C19H20N2O3S2/c1-14-11-16(21(2)18(14)19(22)17-9-6-10-25-17)12-20-26(23,24)13-15-7-4-3-5-8-15/h3-11,20H,12-13H2,1-2H3. The predicted octanol–water partition coefficient (Wildman–Crippen LogP) is 3.25. The summed E-state index contributed by atoms with van der Waals surface area (Å²) in [6.45, 7) is 2.01. The number of thiophene rings is 1. The number of hydrogen-bond acceptors (Lipinski definition) is 4. The van der Waals surface area contributed by atoms with Crippen molar-refractivity contribution in [1.29, 1.82) is 0 Å². The van der Waals surface area contributed by atoms with Gasteiger partial charge in [-0.2, -0.15) is 0 Å². The Hall–Kier alpha value is -2.22. The van der Waals surface area contributed by atoms with Gasteiger partial charge in [-0.05, 0) is 35.6 Å². The lowest BCUT2D eigenvalue weighted by Crippen LogP contribution is -2.26. The Balaban J connectivity index is 1.75. The van der Waals surface area contributed by atoms with Gasteiger partial charge in [-0.3, -0.25) is 4.79 Å². The highest BCUT2D eigenvalue weighted by atomic mass is 32.2. The molecule has 136 valence electrons. The molecule has 0 saturated heterocycles. The van der Waals surface area contributed by atoms with E-state index < -0.39 is 10.0 Å². The summed E-state index contributed by atoms with van der Waals surface area (Å²) >= 11 is 1.40. The molecule has 0 bridgehead atoms. The Morgan fingerprint density at radius 3 is 2.54 bits per heavy atom. The number of ketones is 1. The van der Waals surface area contributed by atoms with Gasteiger partial charge in [0.05, 0.1) is 22.9 Å². The van der Waals surface area contributed by atoms with Crippen LogP contribution in [0.3, 0.4) is 0 Å². The van der Waals surface area contributed by atoms with Crippen molar-refractivity contribution < 1.29 is 13.2 Å². The summed E-state index contributed by atoms with van der Waals surface area (Å²) < 4.78 is 29.0. The van der Waals surface area contributed by atoms with E-state index in [0.29, 0.717) is 10.6 Å². The van der Waals surface area contributed by atoms with Gasteiger partial charge in [0.2, 0.25) is 15.8 Å². The van der Waals surface area contributed by atoms with Crippen LogP contribution < -0.4 is 4.72 Å². The van der Waals surface area contributed by atoms with Crippen LogP contribution in [0.25, 0.3) is 0 Å². The number of carbonyl (C=O) groups is 1. The van der Waals surface area contributed by atoms with Crippen LogP contribution in [-0.4, -0.2) is 18.8 Å². The Labute approximate surface area is 157 Å². The summed E-state index contributed by atoms with van der Waals surface area (Å²) in [7, 11) is -1.68. The molecule has 7 heteroatoms. The molecule has 0 radical (unpaired) electrons. The molecule has 0 aliphatic carbocycles. The third-order valence-electron chi connectivity index (χ3n) is 4.16. The maximum atomic E-state index is 12.7. The summed E-state index contributed by atoms with van der Waals surface area (Å²) in [5, 5.41) is 1.87. The van der Waals surface area contributed by atoms with E-state index in [-0.39, 0.29) is 18.1 Å². The summed E-state index contributed by atoms with van der Waals surface area (Å²) in [6, 6.07) is 14.5. The minimum Gasteiger partial charge on any atom is -0.343 e. The zero-order valence-corrected chi connectivity index (χ0v) is 16.2. The van der Waals surface area contributed by atoms with E-state index >= 15 is 0 Å². The number of benzene rings is 1. The van der Waals surface area contributed by atoms with Gasteiger partial charge in [0.15, 0.2) is 0 Å². The van der Waals surface area contributed by atoms with Crippen LogP contribution in [0.1, 0.15) is 32.2 Å². The summed E-state index contributed by atoms with van der Waals surface area (Å²) in [5.41, 5.74) is 2.91. The highest BCUT2D eigenvalue weighted by molar-refractivity contribution is 7.88. The van der Waals surface area contributed by atoms with Crippen molar-refractivity contribution in [3.63, 3.8) is 0 Å². The molecule has 0 saturated carbocycles. The van der Waals surface area contributed by atoms with Gasteiger partial charge in [0.25, 0.3) is 0 Å². The fourth-order valence-corrected chi connectivity index (χ4v) is 4.64. The molecule has 0 amide bonds. The smallest absolute Gasteiger partial charge is 0.219 e. The number of aryl methyl sites for hydroxylation is 1. The second-order valence-electron chi connectivity index (χ2n) is 6.10. The first kappa shape index (κ1) is 18.6. The molecule has 3 rings (SSSR count). The maximum Gasteiger partial charge on any atom is 0.219 e. The minimum absolute atomic E-state index is 0.0432. The molecule has 0 fully saturated rings. The third kappa shape index (κ3) is 4.12. The highest BCUT2D eigenvalue weighted by Crippen LogP contribution is 2.21. The number of carbonyl (C=O) groups excluding carboxylic acids is 1. The molecular weight excluding hydrogens is 368 g/mol. The second kappa shape index (κ2) is 7.57. The number of nitrogens with one attached hydrogen (secondary N) is 1. The Bertz CT molecular complexity index is 1000. The van der Waals surface area contributed by atoms with E-state index in [0.717, 1.165) is 16.8 Å². The van der Waals surface area contributed by atoms with Crippen LogP contribution in [0.2, 0.25) is 0 Å². The average Bonchev–Trinajstić information content (AvgIpc) is 3.22. The van der Waals surface area contributed by atoms with Crippen LogP contribution in [0.5, 0.6) is 0 Å².